The Balaban J connectivity index is 2.55. The zero-order chi connectivity index (χ0) is 9.26. The van der Waals surface area contributed by atoms with Crippen LogP contribution in [0.25, 0.3) is 10.1 Å². The van der Waals surface area contributed by atoms with E-state index in [0.717, 1.165) is 4.47 Å². The molecule has 2 rings (SSSR count). The van der Waals surface area contributed by atoms with Crippen LogP contribution in [0.3, 0.4) is 0 Å². The van der Waals surface area contributed by atoms with Crippen LogP contribution in [-0.2, 0) is 11.3 Å². The summed E-state index contributed by atoms with van der Waals surface area (Å²) in [5.74, 6) is 0. The molecule has 0 aliphatic heterocycles. The van der Waals surface area contributed by atoms with Crippen molar-refractivity contribution in [2.45, 2.75) is 6.61 Å². The van der Waals surface area contributed by atoms with Gasteiger partial charge in [0.25, 0.3) is 0 Å². The zero-order valence-corrected chi connectivity index (χ0v) is 9.61. The van der Waals surface area contributed by atoms with E-state index in [2.05, 4.69) is 40.2 Å². The van der Waals surface area contributed by atoms with E-state index < -0.39 is 0 Å². The predicted octanol–water partition coefficient (Wildman–Crippen LogP) is 3.81. The van der Waals surface area contributed by atoms with Crippen molar-refractivity contribution < 1.29 is 4.74 Å². The standard InChI is InChI=1S/C10H9BrOS/c1-12-6-8-5-7-3-2-4-9(11)10(7)13-8/h2-5H,6H2,1H3. The number of hydrogen-bond acceptors (Lipinski definition) is 2. The Morgan fingerprint density at radius 2 is 2.31 bits per heavy atom. The van der Waals surface area contributed by atoms with E-state index in [1.807, 2.05) is 0 Å². The number of halogens is 1. The smallest absolute Gasteiger partial charge is 0.0806 e. The largest absolute Gasteiger partial charge is 0.379 e. The minimum atomic E-state index is 0.700. The Morgan fingerprint density at radius 1 is 1.46 bits per heavy atom. The predicted molar refractivity (Wildman–Crippen MR) is 60.2 cm³/mol. The molecule has 0 amide bonds. The summed E-state index contributed by atoms with van der Waals surface area (Å²) in [5, 5.41) is 1.28. The number of ether oxygens (including phenoxy) is 1. The summed E-state index contributed by atoms with van der Waals surface area (Å²) >= 11 is 5.31. The minimum Gasteiger partial charge on any atom is -0.379 e. The molecule has 0 atom stereocenters. The minimum absolute atomic E-state index is 0.700. The monoisotopic (exact) mass is 256 g/mol. The Hall–Kier alpha value is -0.380. The normalized spacial score (nSPS) is 10.9. The van der Waals surface area contributed by atoms with Gasteiger partial charge in [-0.2, -0.15) is 0 Å². The van der Waals surface area contributed by atoms with E-state index in [-0.39, 0.29) is 0 Å². The lowest BCUT2D eigenvalue weighted by atomic mass is 10.2. The van der Waals surface area contributed by atoms with Crippen molar-refractivity contribution in [2.24, 2.45) is 0 Å². The lowest BCUT2D eigenvalue weighted by Gasteiger charge is -1.90. The third-order valence-corrected chi connectivity index (χ3v) is 3.91. The van der Waals surface area contributed by atoms with E-state index >= 15 is 0 Å². The van der Waals surface area contributed by atoms with Gasteiger partial charge in [-0.3, -0.25) is 0 Å². The molecule has 0 fully saturated rings. The number of hydrogen-bond donors (Lipinski definition) is 0. The van der Waals surface area contributed by atoms with Gasteiger partial charge in [-0.1, -0.05) is 12.1 Å². The van der Waals surface area contributed by atoms with Crippen LogP contribution in [0.1, 0.15) is 4.88 Å². The Morgan fingerprint density at radius 3 is 3.00 bits per heavy atom. The first-order valence-corrected chi connectivity index (χ1v) is 5.58. The van der Waals surface area contributed by atoms with Crippen LogP contribution < -0.4 is 0 Å². The van der Waals surface area contributed by atoms with Gasteiger partial charge in [0.2, 0.25) is 0 Å². The summed E-state index contributed by atoms with van der Waals surface area (Å²) in [4.78, 5) is 1.27. The van der Waals surface area contributed by atoms with Gasteiger partial charge in [-0.15, -0.1) is 11.3 Å². The lowest BCUT2D eigenvalue weighted by Crippen LogP contribution is -1.79. The number of fused-ring (bicyclic) bond motifs is 1. The van der Waals surface area contributed by atoms with Crippen molar-refractivity contribution in [2.75, 3.05) is 7.11 Å². The molecule has 0 aliphatic rings. The number of benzene rings is 1. The number of thiophene rings is 1. The SMILES string of the molecule is COCc1cc2cccc(Br)c2s1. The summed E-state index contributed by atoms with van der Waals surface area (Å²) in [5.41, 5.74) is 0. The Bertz CT molecular complexity index is 422. The van der Waals surface area contributed by atoms with E-state index in [0.29, 0.717) is 6.61 Å². The highest BCUT2D eigenvalue weighted by Crippen LogP contribution is 2.32. The van der Waals surface area contributed by atoms with Crippen LogP contribution in [0.15, 0.2) is 28.7 Å². The first-order chi connectivity index (χ1) is 6.31. The van der Waals surface area contributed by atoms with Crippen LogP contribution >= 0.6 is 27.3 Å². The van der Waals surface area contributed by atoms with E-state index in [1.54, 1.807) is 18.4 Å². The fraction of sp³-hybridized carbons (Fsp3) is 0.200. The maximum absolute atomic E-state index is 5.09. The van der Waals surface area contributed by atoms with Crippen molar-refractivity contribution in [1.29, 1.82) is 0 Å². The molecule has 1 nitrogen and oxygen atoms in total. The topological polar surface area (TPSA) is 9.23 Å². The molecule has 0 bridgehead atoms. The molecular weight excluding hydrogens is 248 g/mol. The molecule has 0 saturated heterocycles. The second-order valence-electron chi connectivity index (χ2n) is 2.80. The second kappa shape index (κ2) is 3.78. The highest BCUT2D eigenvalue weighted by Gasteiger charge is 2.03. The molecule has 0 spiro atoms. The van der Waals surface area contributed by atoms with Gasteiger partial charge in [0, 0.05) is 21.2 Å². The zero-order valence-electron chi connectivity index (χ0n) is 7.21. The Labute approximate surface area is 89.5 Å². The number of rotatable bonds is 2. The van der Waals surface area contributed by atoms with E-state index in [1.165, 1.54) is 15.0 Å². The molecule has 3 heteroatoms. The maximum atomic E-state index is 5.09. The second-order valence-corrected chi connectivity index (χ2v) is 4.79. The van der Waals surface area contributed by atoms with Crippen LogP contribution in [0.2, 0.25) is 0 Å². The maximum Gasteiger partial charge on any atom is 0.0806 e. The van der Waals surface area contributed by atoms with E-state index in [4.69, 9.17) is 4.74 Å². The van der Waals surface area contributed by atoms with Crippen molar-refractivity contribution in [3.8, 4) is 0 Å². The molecule has 1 heterocycles. The van der Waals surface area contributed by atoms with Gasteiger partial charge in [-0.25, -0.2) is 0 Å². The van der Waals surface area contributed by atoms with E-state index in [9.17, 15) is 0 Å². The summed E-state index contributed by atoms with van der Waals surface area (Å²) in [6, 6.07) is 8.41. The van der Waals surface area contributed by atoms with Crippen molar-refractivity contribution in [3.05, 3.63) is 33.6 Å². The van der Waals surface area contributed by atoms with Crippen molar-refractivity contribution in [3.63, 3.8) is 0 Å². The fourth-order valence-corrected chi connectivity index (χ4v) is 2.95. The summed E-state index contributed by atoms with van der Waals surface area (Å²) in [6.45, 7) is 0.700. The Kier molecular flexibility index (Phi) is 2.67. The fourth-order valence-electron chi connectivity index (χ4n) is 1.29. The van der Waals surface area contributed by atoms with Gasteiger partial charge in [0.05, 0.1) is 6.61 Å². The van der Waals surface area contributed by atoms with Crippen molar-refractivity contribution >= 4 is 37.4 Å². The van der Waals surface area contributed by atoms with Crippen molar-refractivity contribution in [1.82, 2.24) is 0 Å². The molecule has 0 aliphatic carbocycles. The van der Waals surface area contributed by atoms with Gasteiger partial charge in [0.1, 0.15) is 0 Å². The van der Waals surface area contributed by atoms with Crippen LogP contribution in [0.5, 0.6) is 0 Å². The van der Waals surface area contributed by atoms with Crippen LogP contribution in [-0.4, -0.2) is 7.11 Å². The van der Waals surface area contributed by atoms with Crippen LogP contribution in [0, 0.1) is 0 Å². The molecule has 0 saturated carbocycles. The highest BCUT2D eigenvalue weighted by molar-refractivity contribution is 9.10. The molecule has 0 unspecified atom stereocenters. The molecule has 1 aromatic carbocycles. The summed E-state index contributed by atoms with van der Waals surface area (Å²) in [6.07, 6.45) is 0. The summed E-state index contributed by atoms with van der Waals surface area (Å²) in [7, 11) is 1.72. The third kappa shape index (κ3) is 1.77. The molecular formula is C10H9BrOS. The molecule has 0 radical (unpaired) electrons. The van der Waals surface area contributed by atoms with Gasteiger partial charge >= 0.3 is 0 Å². The first-order valence-electron chi connectivity index (χ1n) is 3.97. The first kappa shape index (κ1) is 9.19. The molecule has 1 aromatic heterocycles. The third-order valence-electron chi connectivity index (χ3n) is 1.83. The molecule has 13 heavy (non-hydrogen) atoms. The lowest BCUT2D eigenvalue weighted by molar-refractivity contribution is 0.187. The number of methoxy groups -OCH3 is 1. The van der Waals surface area contributed by atoms with Gasteiger partial charge < -0.3 is 4.74 Å². The van der Waals surface area contributed by atoms with Gasteiger partial charge in [-0.05, 0) is 33.4 Å². The molecule has 0 N–H and O–H groups in total. The quantitative estimate of drug-likeness (QED) is 0.794. The summed E-state index contributed by atoms with van der Waals surface area (Å²) < 4.78 is 7.56. The average molecular weight is 257 g/mol. The highest BCUT2D eigenvalue weighted by atomic mass is 79.9. The van der Waals surface area contributed by atoms with Crippen LogP contribution in [0.4, 0.5) is 0 Å². The van der Waals surface area contributed by atoms with Gasteiger partial charge in [0.15, 0.2) is 0 Å². The molecule has 2 aromatic rings. The average Bonchev–Trinajstić information content (AvgIpc) is 2.49. The molecule has 68 valence electrons.